The molecule has 4 nitrogen and oxygen atoms in total. The Morgan fingerprint density at radius 2 is 1.85 bits per heavy atom. The molecule has 0 saturated carbocycles. The van der Waals surface area contributed by atoms with Gasteiger partial charge in [-0.1, -0.05) is 43.2 Å². The van der Waals surface area contributed by atoms with Gasteiger partial charge in [0.2, 0.25) is 0 Å². The van der Waals surface area contributed by atoms with Crippen LogP contribution in [-0.2, 0) is 7.05 Å². The molecule has 0 radical (unpaired) electrons. The fourth-order valence-corrected chi connectivity index (χ4v) is 3.90. The van der Waals surface area contributed by atoms with E-state index in [1.807, 2.05) is 59.0 Å². The summed E-state index contributed by atoms with van der Waals surface area (Å²) in [5.41, 5.74) is 2.90. The molecule has 3 heterocycles. The Kier molecular flexibility index (Phi) is 4.65. The fraction of sp³-hybridized carbons (Fsp3) is 0.318. The number of amides is 1. The van der Waals surface area contributed by atoms with Crippen LogP contribution in [0.3, 0.4) is 0 Å². The molecule has 1 aliphatic rings. The van der Waals surface area contributed by atoms with Gasteiger partial charge in [-0.2, -0.15) is 0 Å². The maximum Gasteiger partial charge on any atom is 0.271 e. The lowest BCUT2D eigenvalue weighted by Crippen LogP contribution is -2.35. The van der Waals surface area contributed by atoms with E-state index in [9.17, 15) is 4.79 Å². The number of nitrogens with zero attached hydrogens (tertiary/aromatic N) is 2. The van der Waals surface area contributed by atoms with E-state index in [4.69, 9.17) is 4.42 Å². The molecule has 1 saturated heterocycles. The van der Waals surface area contributed by atoms with Crippen LogP contribution in [-0.4, -0.2) is 21.9 Å². The van der Waals surface area contributed by atoms with Gasteiger partial charge in [0.1, 0.15) is 11.5 Å². The molecule has 1 aliphatic heterocycles. The van der Waals surface area contributed by atoms with E-state index in [0.29, 0.717) is 0 Å². The van der Waals surface area contributed by atoms with Crippen LogP contribution in [0.4, 0.5) is 0 Å². The Hall–Kier alpha value is -2.75. The maximum absolute atomic E-state index is 13.4. The lowest BCUT2D eigenvalue weighted by Gasteiger charge is -2.29. The standard InChI is InChI=1S/C22H24N2O2/c1-23-18(17-9-4-2-5-10-17)13-14-20(23)22(25)24-15-7-3-6-11-19(24)21-12-8-16-26-21/h2,4-5,8-10,12-14,16,19H,3,6-7,11,15H2,1H3/t19-/m0/s1. The lowest BCUT2D eigenvalue weighted by molar-refractivity contribution is 0.0649. The maximum atomic E-state index is 13.4. The predicted molar refractivity (Wildman–Crippen MR) is 102 cm³/mol. The van der Waals surface area contributed by atoms with Crippen molar-refractivity contribution in [3.05, 3.63) is 72.3 Å². The first kappa shape index (κ1) is 16.7. The summed E-state index contributed by atoms with van der Waals surface area (Å²) in [5.74, 6) is 0.968. The van der Waals surface area contributed by atoms with Crippen LogP contribution in [0.25, 0.3) is 11.3 Å². The highest BCUT2D eigenvalue weighted by molar-refractivity contribution is 5.94. The molecule has 0 spiro atoms. The minimum Gasteiger partial charge on any atom is -0.467 e. The number of benzene rings is 1. The highest BCUT2D eigenvalue weighted by Crippen LogP contribution is 2.32. The summed E-state index contributed by atoms with van der Waals surface area (Å²) in [6.45, 7) is 0.774. The second-order valence-electron chi connectivity index (χ2n) is 6.91. The first-order valence-electron chi connectivity index (χ1n) is 9.31. The predicted octanol–water partition coefficient (Wildman–Crippen LogP) is 5.04. The Balaban J connectivity index is 1.67. The average Bonchev–Trinajstić information content (AvgIpc) is 3.26. The SMILES string of the molecule is Cn1c(C(=O)N2CCCCC[C@H]2c2ccco2)ccc1-c1ccccc1. The van der Waals surface area contributed by atoms with Crippen molar-refractivity contribution in [3.8, 4) is 11.3 Å². The van der Waals surface area contributed by atoms with Gasteiger partial charge in [-0.05, 0) is 42.7 Å². The fourth-order valence-electron chi connectivity index (χ4n) is 3.90. The van der Waals surface area contributed by atoms with Crippen LogP contribution < -0.4 is 0 Å². The number of furan rings is 1. The first-order valence-corrected chi connectivity index (χ1v) is 9.31. The molecule has 134 valence electrons. The van der Waals surface area contributed by atoms with Crippen LogP contribution in [0.2, 0.25) is 0 Å². The molecule has 4 rings (SSSR count). The zero-order chi connectivity index (χ0) is 17.9. The topological polar surface area (TPSA) is 38.4 Å². The van der Waals surface area contributed by atoms with Crippen molar-refractivity contribution < 1.29 is 9.21 Å². The van der Waals surface area contributed by atoms with Crippen molar-refractivity contribution >= 4 is 5.91 Å². The van der Waals surface area contributed by atoms with Gasteiger partial charge in [0.25, 0.3) is 5.91 Å². The Morgan fingerprint density at radius 3 is 2.62 bits per heavy atom. The molecule has 0 unspecified atom stereocenters. The molecule has 3 aromatic rings. The smallest absolute Gasteiger partial charge is 0.271 e. The van der Waals surface area contributed by atoms with E-state index in [2.05, 4.69) is 12.1 Å². The van der Waals surface area contributed by atoms with Crippen LogP contribution in [0, 0.1) is 0 Å². The number of likely N-dealkylation sites (tertiary alicyclic amines) is 1. The Bertz CT molecular complexity index is 865. The average molecular weight is 348 g/mol. The van der Waals surface area contributed by atoms with E-state index < -0.39 is 0 Å². The van der Waals surface area contributed by atoms with Gasteiger partial charge >= 0.3 is 0 Å². The van der Waals surface area contributed by atoms with Crippen LogP contribution in [0.5, 0.6) is 0 Å². The molecule has 2 aromatic heterocycles. The summed E-state index contributed by atoms with van der Waals surface area (Å²) < 4.78 is 7.65. The third kappa shape index (κ3) is 3.07. The van der Waals surface area contributed by atoms with E-state index in [-0.39, 0.29) is 11.9 Å². The molecular weight excluding hydrogens is 324 g/mol. The molecule has 4 heteroatoms. The molecule has 0 bridgehead atoms. The molecular formula is C22H24N2O2. The molecule has 26 heavy (non-hydrogen) atoms. The second-order valence-corrected chi connectivity index (χ2v) is 6.91. The molecule has 1 aromatic carbocycles. The zero-order valence-corrected chi connectivity index (χ0v) is 15.1. The summed E-state index contributed by atoms with van der Waals surface area (Å²) in [7, 11) is 1.97. The Morgan fingerprint density at radius 1 is 1.00 bits per heavy atom. The monoisotopic (exact) mass is 348 g/mol. The summed E-state index contributed by atoms with van der Waals surface area (Å²) in [5, 5.41) is 0. The number of hydrogen-bond donors (Lipinski definition) is 0. The third-order valence-corrected chi connectivity index (χ3v) is 5.30. The molecule has 0 aliphatic carbocycles. The van der Waals surface area contributed by atoms with Crippen molar-refractivity contribution in [2.24, 2.45) is 7.05 Å². The van der Waals surface area contributed by atoms with Crippen LogP contribution in [0.15, 0.2) is 65.3 Å². The van der Waals surface area contributed by atoms with E-state index in [1.165, 1.54) is 0 Å². The molecule has 1 atom stereocenters. The van der Waals surface area contributed by atoms with E-state index in [1.54, 1.807) is 6.26 Å². The van der Waals surface area contributed by atoms with Gasteiger partial charge < -0.3 is 13.9 Å². The van der Waals surface area contributed by atoms with Crippen LogP contribution in [0.1, 0.15) is 48.0 Å². The van der Waals surface area contributed by atoms with Crippen LogP contribution >= 0.6 is 0 Å². The molecule has 0 N–H and O–H groups in total. The number of aromatic nitrogens is 1. The summed E-state index contributed by atoms with van der Waals surface area (Å²) >= 11 is 0. The highest BCUT2D eigenvalue weighted by atomic mass is 16.3. The zero-order valence-electron chi connectivity index (χ0n) is 15.1. The minimum absolute atomic E-state index is 0.0232. The van der Waals surface area contributed by atoms with Crippen molar-refractivity contribution in [2.75, 3.05) is 6.54 Å². The van der Waals surface area contributed by atoms with Crippen molar-refractivity contribution in [1.82, 2.24) is 9.47 Å². The second kappa shape index (κ2) is 7.24. The normalized spacial score (nSPS) is 17.9. The van der Waals surface area contributed by atoms with Gasteiger partial charge in [0.15, 0.2) is 0 Å². The molecule has 1 fully saturated rings. The minimum atomic E-state index is 0.0232. The van der Waals surface area contributed by atoms with Crippen molar-refractivity contribution in [1.29, 1.82) is 0 Å². The van der Waals surface area contributed by atoms with Crippen molar-refractivity contribution in [2.45, 2.75) is 31.7 Å². The number of rotatable bonds is 3. The van der Waals surface area contributed by atoms with E-state index in [0.717, 1.165) is 54.9 Å². The van der Waals surface area contributed by atoms with Gasteiger partial charge in [-0.3, -0.25) is 4.79 Å². The highest BCUT2D eigenvalue weighted by Gasteiger charge is 2.30. The molecule has 1 amide bonds. The first-order chi connectivity index (χ1) is 12.8. The number of carbonyl (C=O) groups is 1. The number of hydrogen-bond acceptors (Lipinski definition) is 2. The quantitative estimate of drug-likeness (QED) is 0.665. The summed E-state index contributed by atoms with van der Waals surface area (Å²) in [6, 6.07) is 18.1. The lowest BCUT2D eigenvalue weighted by atomic mass is 10.1. The van der Waals surface area contributed by atoms with E-state index >= 15 is 0 Å². The largest absolute Gasteiger partial charge is 0.467 e. The summed E-state index contributed by atoms with van der Waals surface area (Å²) in [4.78, 5) is 15.4. The number of carbonyl (C=O) groups excluding carboxylic acids is 1. The third-order valence-electron chi connectivity index (χ3n) is 5.30. The van der Waals surface area contributed by atoms with Gasteiger partial charge in [-0.25, -0.2) is 0 Å². The van der Waals surface area contributed by atoms with Gasteiger partial charge in [0, 0.05) is 19.3 Å². The van der Waals surface area contributed by atoms with Gasteiger partial charge in [-0.15, -0.1) is 0 Å². The van der Waals surface area contributed by atoms with Gasteiger partial charge in [0.05, 0.1) is 12.3 Å². The van der Waals surface area contributed by atoms with Crippen molar-refractivity contribution in [3.63, 3.8) is 0 Å². The Labute approximate surface area is 154 Å². The summed E-state index contributed by atoms with van der Waals surface area (Å²) in [6.07, 6.45) is 5.97.